The maximum absolute atomic E-state index is 8.64. The molecule has 12 heavy (non-hydrogen) atoms. The average molecular weight is 174 g/mol. The summed E-state index contributed by atoms with van der Waals surface area (Å²) >= 11 is 0. The molecular formula is C9H22N2O. The zero-order chi connectivity index (χ0) is 9.23. The zero-order valence-electron chi connectivity index (χ0n) is 8.13. The normalized spacial score (nSPS) is 11.0. The number of aliphatic hydroxyl groups is 1. The summed E-state index contributed by atoms with van der Waals surface area (Å²) in [6.45, 7) is 6.45. The third kappa shape index (κ3) is 6.58. The number of hydrogen-bond donors (Lipinski definition) is 2. The molecule has 0 aliphatic heterocycles. The van der Waals surface area contributed by atoms with Crippen molar-refractivity contribution >= 4 is 0 Å². The van der Waals surface area contributed by atoms with E-state index < -0.39 is 0 Å². The fraction of sp³-hybridized carbons (Fsp3) is 1.00. The second-order valence-electron chi connectivity index (χ2n) is 3.01. The van der Waals surface area contributed by atoms with Gasteiger partial charge in [0.25, 0.3) is 0 Å². The van der Waals surface area contributed by atoms with Gasteiger partial charge in [0.2, 0.25) is 0 Å². The first kappa shape index (κ1) is 11.9. The maximum atomic E-state index is 8.64. The Bertz CT molecular complexity index is 88.6. The summed E-state index contributed by atoms with van der Waals surface area (Å²) in [4.78, 5) is 2.35. The van der Waals surface area contributed by atoms with Crippen molar-refractivity contribution in [2.45, 2.75) is 26.2 Å². The first-order chi connectivity index (χ1) is 5.85. The van der Waals surface area contributed by atoms with Crippen LogP contribution >= 0.6 is 0 Å². The van der Waals surface area contributed by atoms with E-state index >= 15 is 0 Å². The van der Waals surface area contributed by atoms with Crippen LogP contribution in [-0.2, 0) is 0 Å². The molecule has 0 aromatic carbocycles. The number of nitrogens with zero attached hydrogens (tertiary/aromatic N) is 1. The van der Waals surface area contributed by atoms with Crippen LogP contribution in [0.2, 0.25) is 0 Å². The van der Waals surface area contributed by atoms with Gasteiger partial charge >= 0.3 is 0 Å². The van der Waals surface area contributed by atoms with E-state index in [2.05, 4.69) is 11.8 Å². The monoisotopic (exact) mass is 174 g/mol. The minimum Gasteiger partial charge on any atom is -0.396 e. The van der Waals surface area contributed by atoms with Gasteiger partial charge < -0.3 is 15.7 Å². The molecular weight excluding hydrogens is 152 g/mol. The lowest BCUT2D eigenvalue weighted by Crippen LogP contribution is -2.26. The minimum atomic E-state index is 0.299. The summed E-state index contributed by atoms with van der Waals surface area (Å²) in [5.41, 5.74) is 5.40. The summed E-state index contributed by atoms with van der Waals surface area (Å²) in [7, 11) is 0. The zero-order valence-corrected chi connectivity index (χ0v) is 8.13. The molecule has 3 nitrogen and oxygen atoms in total. The molecule has 74 valence electrons. The highest BCUT2D eigenvalue weighted by atomic mass is 16.3. The van der Waals surface area contributed by atoms with Crippen molar-refractivity contribution in [1.82, 2.24) is 4.90 Å². The van der Waals surface area contributed by atoms with Crippen LogP contribution in [0.5, 0.6) is 0 Å². The number of unbranched alkanes of at least 4 members (excludes halogenated alkanes) is 1. The van der Waals surface area contributed by atoms with Crippen LogP contribution in [0, 0.1) is 0 Å². The van der Waals surface area contributed by atoms with Crippen LogP contribution in [-0.4, -0.2) is 42.8 Å². The molecule has 0 aliphatic rings. The van der Waals surface area contributed by atoms with Gasteiger partial charge in [-0.15, -0.1) is 0 Å². The van der Waals surface area contributed by atoms with Crippen LogP contribution in [0.4, 0.5) is 0 Å². The fourth-order valence-corrected chi connectivity index (χ4v) is 1.20. The minimum absolute atomic E-state index is 0.299. The van der Waals surface area contributed by atoms with Gasteiger partial charge in [-0.25, -0.2) is 0 Å². The molecule has 0 heterocycles. The first-order valence-electron chi connectivity index (χ1n) is 4.88. The van der Waals surface area contributed by atoms with Crippen LogP contribution in [0.1, 0.15) is 26.2 Å². The Balaban J connectivity index is 3.26. The van der Waals surface area contributed by atoms with Crippen LogP contribution < -0.4 is 5.73 Å². The standard InChI is InChI=1S/C9H22N2O/c1-2-11(8-5-9-12)7-4-3-6-10/h12H,2-10H2,1H3. The van der Waals surface area contributed by atoms with Crippen LogP contribution in [0.15, 0.2) is 0 Å². The average Bonchev–Trinajstić information content (AvgIpc) is 2.11. The Labute approximate surface area is 75.6 Å². The Hall–Kier alpha value is -0.120. The highest BCUT2D eigenvalue weighted by Gasteiger charge is 1.99. The summed E-state index contributed by atoms with van der Waals surface area (Å²) in [6, 6.07) is 0. The molecule has 0 saturated carbocycles. The van der Waals surface area contributed by atoms with Gasteiger partial charge in [0.15, 0.2) is 0 Å². The first-order valence-corrected chi connectivity index (χ1v) is 4.88. The second kappa shape index (κ2) is 8.97. The van der Waals surface area contributed by atoms with E-state index in [0.717, 1.165) is 39.0 Å². The lowest BCUT2D eigenvalue weighted by molar-refractivity contribution is 0.228. The molecule has 0 rings (SSSR count). The van der Waals surface area contributed by atoms with Crippen molar-refractivity contribution in [3.8, 4) is 0 Å². The van der Waals surface area contributed by atoms with Gasteiger partial charge in [-0.2, -0.15) is 0 Å². The molecule has 0 unspecified atom stereocenters. The maximum Gasteiger partial charge on any atom is 0.0443 e. The Morgan fingerprint density at radius 2 is 1.83 bits per heavy atom. The third-order valence-electron chi connectivity index (χ3n) is 2.01. The van der Waals surface area contributed by atoms with E-state index in [0.29, 0.717) is 6.61 Å². The molecule has 0 bridgehead atoms. The number of hydrogen-bond acceptors (Lipinski definition) is 3. The van der Waals surface area contributed by atoms with Crippen LogP contribution in [0.25, 0.3) is 0 Å². The third-order valence-corrected chi connectivity index (χ3v) is 2.01. The van der Waals surface area contributed by atoms with E-state index in [1.165, 1.54) is 6.42 Å². The molecule has 3 N–H and O–H groups in total. The van der Waals surface area contributed by atoms with Gasteiger partial charge in [-0.3, -0.25) is 0 Å². The Morgan fingerprint density at radius 1 is 1.17 bits per heavy atom. The van der Waals surface area contributed by atoms with Gasteiger partial charge in [-0.1, -0.05) is 6.92 Å². The number of rotatable bonds is 8. The predicted molar refractivity (Wildman–Crippen MR) is 52.1 cm³/mol. The SMILES string of the molecule is CCN(CCCO)CCCCN. The Kier molecular flexibility index (Phi) is 8.88. The molecule has 0 aromatic rings. The van der Waals surface area contributed by atoms with E-state index in [9.17, 15) is 0 Å². The van der Waals surface area contributed by atoms with E-state index in [1.54, 1.807) is 0 Å². The van der Waals surface area contributed by atoms with E-state index in [-0.39, 0.29) is 0 Å². The smallest absolute Gasteiger partial charge is 0.0443 e. The number of nitrogens with two attached hydrogens (primary N) is 1. The van der Waals surface area contributed by atoms with Crippen molar-refractivity contribution in [1.29, 1.82) is 0 Å². The van der Waals surface area contributed by atoms with Crippen molar-refractivity contribution in [2.24, 2.45) is 5.73 Å². The van der Waals surface area contributed by atoms with E-state index in [4.69, 9.17) is 10.8 Å². The molecule has 0 spiro atoms. The van der Waals surface area contributed by atoms with Crippen molar-refractivity contribution < 1.29 is 5.11 Å². The van der Waals surface area contributed by atoms with Gasteiger partial charge in [0, 0.05) is 13.2 Å². The molecule has 0 fully saturated rings. The lowest BCUT2D eigenvalue weighted by atomic mass is 10.3. The second-order valence-corrected chi connectivity index (χ2v) is 3.01. The largest absolute Gasteiger partial charge is 0.396 e. The van der Waals surface area contributed by atoms with Crippen molar-refractivity contribution in [2.75, 3.05) is 32.8 Å². The molecule has 0 amide bonds. The molecule has 3 heteroatoms. The summed E-state index contributed by atoms with van der Waals surface area (Å²) in [5, 5.41) is 8.64. The number of aliphatic hydroxyl groups excluding tert-OH is 1. The highest BCUT2D eigenvalue weighted by molar-refractivity contribution is 4.55. The summed E-state index contributed by atoms with van der Waals surface area (Å²) in [5.74, 6) is 0. The Morgan fingerprint density at radius 3 is 2.33 bits per heavy atom. The van der Waals surface area contributed by atoms with Gasteiger partial charge in [-0.05, 0) is 38.9 Å². The molecule has 0 atom stereocenters. The van der Waals surface area contributed by atoms with Crippen molar-refractivity contribution in [3.63, 3.8) is 0 Å². The quantitative estimate of drug-likeness (QED) is 0.525. The predicted octanol–water partition coefficient (Wildman–Crippen LogP) is 0.430. The van der Waals surface area contributed by atoms with Gasteiger partial charge in [0.05, 0.1) is 0 Å². The lowest BCUT2D eigenvalue weighted by Gasteiger charge is -2.19. The van der Waals surface area contributed by atoms with E-state index in [1.807, 2.05) is 0 Å². The molecule has 0 aromatic heterocycles. The van der Waals surface area contributed by atoms with Crippen molar-refractivity contribution in [3.05, 3.63) is 0 Å². The molecule has 0 aliphatic carbocycles. The molecule has 0 saturated heterocycles. The molecule has 0 radical (unpaired) electrons. The summed E-state index contributed by atoms with van der Waals surface area (Å²) in [6.07, 6.45) is 3.17. The fourth-order valence-electron chi connectivity index (χ4n) is 1.20. The van der Waals surface area contributed by atoms with Gasteiger partial charge in [0.1, 0.15) is 0 Å². The highest BCUT2D eigenvalue weighted by Crippen LogP contribution is 1.95. The summed E-state index contributed by atoms with van der Waals surface area (Å²) < 4.78 is 0. The van der Waals surface area contributed by atoms with Crippen LogP contribution in [0.3, 0.4) is 0 Å². The topological polar surface area (TPSA) is 49.5 Å².